The number of benzene rings is 2. The molecule has 1 nitrogen and oxygen atoms in total. The van der Waals surface area contributed by atoms with Gasteiger partial charge in [-0.25, -0.2) is 4.39 Å². The van der Waals surface area contributed by atoms with Crippen LogP contribution < -0.4 is 0 Å². The van der Waals surface area contributed by atoms with Crippen molar-refractivity contribution >= 4 is 17.4 Å². The number of rotatable bonds is 3. The lowest BCUT2D eigenvalue weighted by atomic mass is 10.0. The van der Waals surface area contributed by atoms with Crippen LogP contribution in [-0.4, -0.2) is 5.78 Å². The molecular weight excluding hydrogens is 251 g/mol. The van der Waals surface area contributed by atoms with Gasteiger partial charge in [0.2, 0.25) is 0 Å². The smallest absolute Gasteiger partial charge is 0.167 e. The molecule has 0 aromatic heterocycles. The molecule has 0 bridgehead atoms. The zero-order valence-electron chi connectivity index (χ0n) is 9.91. The van der Waals surface area contributed by atoms with Gasteiger partial charge in [0.15, 0.2) is 5.78 Å². The number of carbonyl (C=O) groups excluding carboxylic acids is 1. The fourth-order valence-corrected chi connectivity index (χ4v) is 1.96. The Morgan fingerprint density at radius 3 is 2.72 bits per heavy atom. The molecule has 0 N–H and O–H groups in total. The molecule has 0 aliphatic rings. The third kappa shape index (κ3) is 2.96. The van der Waals surface area contributed by atoms with Crippen molar-refractivity contribution in [1.29, 1.82) is 0 Å². The first-order valence-electron chi connectivity index (χ1n) is 5.60. The zero-order valence-corrected chi connectivity index (χ0v) is 10.7. The highest BCUT2D eigenvalue weighted by atomic mass is 35.5. The minimum atomic E-state index is -0.383. The summed E-state index contributed by atoms with van der Waals surface area (Å²) in [5.41, 5.74) is 2.16. The molecular formula is C15H12ClFO. The van der Waals surface area contributed by atoms with Gasteiger partial charge in [-0.2, -0.15) is 0 Å². The van der Waals surface area contributed by atoms with Crippen LogP contribution in [0.3, 0.4) is 0 Å². The summed E-state index contributed by atoms with van der Waals surface area (Å²) in [6, 6.07) is 11.4. The first-order chi connectivity index (χ1) is 8.56. The average Bonchev–Trinajstić information content (AvgIpc) is 2.34. The maximum atomic E-state index is 13.1. The highest BCUT2D eigenvalue weighted by Gasteiger charge is 2.10. The molecule has 2 aromatic rings. The number of hydrogen-bond donors (Lipinski definition) is 0. The molecule has 0 heterocycles. The normalized spacial score (nSPS) is 10.4. The molecule has 3 heteroatoms. The second-order valence-electron chi connectivity index (χ2n) is 4.21. The first-order valence-corrected chi connectivity index (χ1v) is 5.98. The van der Waals surface area contributed by atoms with E-state index in [0.717, 1.165) is 5.56 Å². The van der Waals surface area contributed by atoms with Gasteiger partial charge >= 0.3 is 0 Å². The van der Waals surface area contributed by atoms with Crippen LogP contribution in [0.5, 0.6) is 0 Å². The van der Waals surface area contributed by atoms with Gasteiger partial charge in [0, 0.05) is 17.0 Å². The van der Waals surface area contributed by atoms with Crippen molar-refractivity contribution in [3.05, 3.63) is 70.0 Å². The predicted octanol–water partition coefficient (Wildman–Crippen LogP) is 4.21. The van der Waals surface area contributed by atoms with Gasteiger partial charge in [0.05, 0.1) is 0 Å². The Balaban J connectivity index is 2.24. The topological polar surface area (TPSA) is 17.1 Å². The molecule has 0 aliphatic carbocycles. The van der Waals surface area contributed by atoms with Crippen molar-refractivity contribution in [2.75, 3.05) is 0 Å². The molecule has 18 heavy (non-hydrogen) atoms. The Morgan fingerprint density at radius 2 is 2.00 bits per heavy atom. The summed E-state index contributed by atoms with van der Waals surface area (Å²) >= 11 is 5.94. The van der Waals surface area contributed by atoms with Crippen molar-refractivity contribution in [1.82, 2.24) is 0 Å². The maximum Gasteiger partial charge on any atom is 0.167 e. The third-order valence-electron chi connectivity index (χ3n) is 2.70. The largest absolute Gasteiger partial charge is 0.294 e. The second-order valence-corrected chi connectivity index (χ2v) is 4.61. The summed E-state index contributed by atoms with van der Waals surface area (Å²) in [4.78, 5) is 12.0. The molecule has 0 saturated carbocycles. The molecule has 0 saturated heterocycles. The maximum absolute atomic E-state index is 13.1. The van der Waals surface area contributed by atoms with E-state index in [1.807, 2.05) is 25.1 Å². The fraction of sp³-hybridized carbons (Fsp3) is 0.133. The third-order valence-corrected chi connectivity index (χ3v) is 3.07. The number of halogens is 2. The van der Waals surface area contributed by atoms with Crippen LogP contribution in [0.2, 0.25) is 5.02 Å². The van der Waals surface area contributed by atoms with Crippen LogP contribution in [0.1, 0.15) is 21.5 Å². The molecule has 0 amide bonds. The van der Waals surface area contributed by atoms with E-state index in [1.165, 1.54) is 18.2 Å². The van der Waals surface area contributed by atoms with Gasteiger partial charge in [-0.15, -0.1) is 0 Å². The fourth-order valence-electron chi connectivity index (χ4n) is 1.77. The minimum absolute atomic E-state index is 0.0637. The highest BCUT2D eigenvalue weighted by molar-refractivity contribution is 6.31. The van der Waals surface area contributed by atoms with Crippen LogP contribution in [0.25, 0.3) is 0 Å². The van der Waals surface area contributed by atoms with E-state index in [9.17, 15) is 9.18 Å². The Bertz CT molecular complexity index is 593. The summed E-state index contributed by atoms with van der Waals surface area (Å²) in [6.45, 7) is 1.92. The lowest BCUT2D eigenvalue weighted by molar-refractivity contribution is 0.0993. The first kappa shape index (κ1) is 12.8. The van der Waals surface area contributed by atoms with E-state index in [4.69, 9.17) is 11.6 Å². The number of carbonyl (C=O) groups is 1. The lowest BCUT2D eigenvalue weighted by Crippen LogP contribution is -2.04. The summed E-state index contributed by atoms with van der Waals surface area (Å²) in [6.07, 6.45) is 0.111. The Hall–Kier alpha value is -1.67. The summed E-state index contributed by atoms with van der Waals surface area (Å²) in [7, 11) is 0. The van der Waals surface area contributed by atoms with Gasteiger partial charge in [-0.05, 0) is 36.8 Å². The number of aryl methyl sites for hydroxylation is 1. The van der Waals surface area contributed by atoms with E-state index in [1.54, 1.807) is 6.07 Å². The zero-order chi connectivity index (χ0) is 13.1. The standard InChI is InChI=1S/C15H12ClFO/c1-10-3-2-4-11(7-10)15(18)9-12-8-13(17)5-6-14(12)16/h2-8H,9H2,1H3. The second kappa shape index (κ2) is 5.32. The molecule has 0 radical (unpaired) electrons. The van der Waals surface area contributed by atoms with Crippen LogP contribution in [0, 0.1) is 12.7 Å². The van der Waals surface area contributed by atoms with Crippen molar-refractivity contribution in [2.24, 2.45) is 0 Å². The highest BCUT2D eigenvalue weighted by Crippen LogP contribution is 2.19. The summed E-state index contributed by atoms with van der Waals surface area (Å²) < 4.78 is 13.1. The van der Waals surface area contributed by atoms with Gasteiger partial charge in [0.1, 0.15) is 5.82 Å². The van der Waals surface area contributed by atoms with Crippen molar-refractivity contribution in [3.8, 4) is 0 Å². The van der Waals surface area contributed by atoms with E-state index >= 15 is 0 Å². The molecule has 0 unspecified atom stereocenters. The Morgan fingerprint density at radius 1 is 1.22 bits per heavy atom. The molecule has 0 aliphatic heterocycles. The predicted molar refractivity (Wildman–Crippen MR) is 70.6 cm³/mol. The quantitative estimate of drug-likeness (QED) is 0.757. The van der Waals surface area contributed by atoms with E-state index < -0.39 is 0 Å². The summed E-state index contributed by atoms with van der Waals surface area (Å²) in [5, 5.41) is 0.414. The minimum Gasteiger partial charge on any atom is -0.294 e. The molecule has 0 spiro atoms. The van der Waals surface area contributed by atoms with Crippen molar-refractivity contribution in [2.45, 2.75) is 13.3 Å². The molecule has 92 valence electrons. The SMILES string of the molecule is Cc1cccc(C(=O)Cc2cc(F)ccc2Cl)c1. The monoisotopic (exact) mass is 262 g/mol. The van der Waals surface area contributed by atoms with Crippen LogP contribution in [0.15, 0.2) is 42.5 Å². The number of Topliss-reactive ketones (excluding diaryl/α,β-unsaturated/α-hetero) is 1. The van der Waals surface area contributed by atoms with E-state index in [0.29, 0.717) is 16.1 Å². The number of ketones is 1. The van der Waals surface area contributed by atoms with Gasteiger partial charge in [-0.3, -0.25) is 4.79 Å². The Labute approximate surface area is 110 Å². The summed E-state index contributed by atoms with van der Waals surface area (Å²) in [5.74, 6) is -0.447. The number of hydrogen-bond acceptors (Lipinski definition) is 1. The van der Waals surface area contributed by atoms with Gasteiger partial charge < -0.3 is 0 Å². The van der Waals surface area contributed by atoms with Crippen molar-refractivity contribution < 1.29 is 9.18 Å². The van der Waals surface area contributed by atoms with Crippen LogP contribution >= 0.6 is 11.6 Å². The Kier molecular flexibility index (Phi) is 3.78. The molecule has 2 rings (SSSR count). The molecule has 0 fully saturated rings. The molecule has 0 atom stereocenters. The van der Waals surface area contributed by atoms with Crippen LogP contribution in [0.4, 0.5) is 4.39 Å². The van der Waals surface area contributed by atoms with Gasteiger partial charge in [-0.1, -0.05) is 35.4 Å². The van der Waals surface area contributed by atoms with E-state index in [2.05, 4.69) is 0 Å². The molecule has 2 aromatic carbocycles. The average molecular weight is 263 g/mol. The van der Waals surface area contributed by atoms with Crippen LogP contribution in [-0.2, 0) is 6.42 Å². The lowest BCUT2D eigenvalue weighted by Gasteiger charge is -2.05. The van der Waals surface area contributed by atoms with Gasteiger partial charge in [0.25, 0.3) is 0 Å². The van der Waals surface area contributed by atoms with E-state index in [-0.39, 0.29) is 18.0 Å². The van der Waals surface area contributed by atoms with Crippen molar-refractivity contribution in [3.63, 3.8) is 0 Å².